The van der Waals surface area contributed by atoms with Gasteiger partial charge in [-0.15, -0.1) is 0 Å². The summed E-state index contributed by atoms with van der Waals surface area (Å²) in [6, 6.07) is 0. The summed E-state index contributed by atoms with van der Waals surface area (Å²) >= 11 is 0. The Bertz CT molecular complexity index is 143. The van der Waals surface area contributed by atoms with Gasteiger partial charge in [-0.25, -0.2) is 0 Å². The van der Waals surface area contributed by atoms with Gasteiger partial charge in [0.15, 0.2) is 6.29 Å². The molecule has 0 aliphatic carbocycles. The normalized spacial score (nSPS) is 46.4. The van der Waals surface area contributed by atoms with Crippen molar-refractivity contribution in [2.24, 2.45) is 5.92 Å². The molecule has 1 heterocycles. The van der Waals surface area contributed by atoms with Crippen molar-refractivity contribution < 1.29 is 24.8 Å². The molecule has 5 nitrogen and oxygen atoms in total. The second kappa shape index (κ2) is 4.34. The van der Waals surface area contributed by atoms with E-state index in [4.69, 9.17) is 14.6 Å². The molecule has 0 saturated carbocycles. The molecule has 0 aromatic rings. The van der Waals surface area contributed by atoms with Crippen molar-refractivity contribution in [3.63, 3.8) is 0 Å². The maximum atomic E-state index is 9.53. The third-order valence-corrected chi connectivity index (χ3v) is 2.42. The zero-order chi connectivity index (χ0) is 10.0. The molecule has 1 aliphatic rings. The average Bonchev–Trinajstić information content (AvgIpc) is 2.15. The van der Waals surface area contributed by atoms with Crippen LogP contribution in [0.15, 0.2) is 0 Å². The van der Waals surface area contributed by atoms with Crippen molar-refractivity contribution in [1.82, 2.24) is 0 Å². The molecular weight excluding hydrogens is 176 g/mol. The van der Waals surface area contributed by atoms with Gasteiger partial charge in [0.05, 0.1) is 12.7 Å². The minimum atomic E-state index is -1.05. The van der Waals surface area contributed by atoms with Crippen LogP contribution in [-0.2, 0) is 9.47 Å². The number of hydrogen-bond acceptors (Lipinski definition) is 5. The topological polar surface area (TPSA) is 79.2 Å². The molecule has 5 atom stereocenters. The molecule has 1 fully saturated rings. The Morgan fingerprint density at radius 2 is 1.92 bits per heavy atom. The molecule has 3 unspecified atom stereocenters. The monoisotopic (exact) mass is 192 g/mol. The maximum Gasteiger partial charge on any atom is 0.162 e. The molecule has 0 spiro atoms. The number of aliphatic hydroxyl groups excluding tert-OH is 3. The fourth-order valence-corrected chi connectivity index (χ4v) is 1.49. The summed E-state index contributed by atoms with van der Waals surface area (Å²) in [6.07, 6.45) is -3.31. The van der Waals surface area contributed by atoms with Gasteiger partial charge in [-0.2, -0.15) is 0 Å². The zero-order valence-electron chi connectivity index (χ0n) is 7.75. The second-order valence-electron chi connectivity index (χ2n) is 3.30. The van der Waals surface area contributed by atoms with Gasteiger partial charge < -0.3 is 24.8 Å². The fourth-order valence-electron chi connectivity index (χ4n) is 1.49. The molecule has 0 amide bonds. The van der Waals surface area contributed by atoms with Gasteiger partial charge in [0.25, 0.3) is 0 Å². The predicted molar refractivity (Wildman–Crippen MR) is 43.9 cm³/mol. The van der Waals surface area contributed by atoms with E-state index in [2.05, 4.69) is 0 Å². The Labute approximate surface area is 76.9 Å². The number of ether oxygens (including phenoxy) is 2. The summed E-state index contributed by atoms with van der Waals surface area (Å²) in [5.74, 6) is -0.303. The summed E-state index contributed by atoms with van der Waals surface area (Å²) in [4.78, 5) is 0. The van der Waals surface area contributed by atoms with E-state index in [0.717, 1.165) is 0 Å². The molecule has 1 rings (SSSR count). The minimum absolute atomic E-state index is 0.303. The van der Waals surface area contributed by atoms with Crippen molar-refractivity contribution in [3.05, 3.63) is 0 Å². The molecule has 0 radical (unpaired) electrons. The van der Waals surface area contributed by atoms with Crippen molar-refractivity contribution in [2.75, 3.05) is 13.7 Å². The van der Waals surface area contributed by atoms with Crippen LogP contribution >= 0.6 is 0 Å². The van der Waals surface area contributed by atoms with Gasteiger partial charge in [-0.1, -0.05) is 6.92 Å². The molecule has 0 aromatic heterocycles. The molecule has 78 valence electrons. The van der Waals surface area contributed by atoms with E-state index in [1.165, 1.54) is 7.11 Å². The Kier molecular flexibility index (Phi) is 3.63. The van der Waals surface area contributed by atoms with E-state index >= 15 is 0 Å². The van der Waals surface area contributed by atoms with Crippen LogP contribution < -0.4 is 0 Å². The van der Waals surface area contributed by atoms with Crippen LogP contribution in [0.1, 0.15) is 6.92 Å². The number of hydrogen-bond donors (Lipinski definition) is 3. The largest absolute Gasteiger partial charge is 0.394 e. The van der Waals surface area contributed by atoms with Gasteiger partial charge >= 0.3 is 0 Å². The highest BCUT2D eigenvalue weighted by Crippen LogP contribution is 2.25. The van der Waals surface area contributed by atoms with Gasteiger partial charge in [0.1, 0.15) is 12.2 Å². The lowest BCUT2D eigenvalue weighted by Gasteiger charge is -2.40. The van der Waals surface area contributed by atoms with Crippen LogP contribution in [0.25, 0.3) is 0 Å². The standard InChI is InChI=1S/C8H16O5/c1-4-6(10)7(11)5(3-9)13-8(4)12-2/h4-11H,3H2,1-2H3/t4?,5?,6?,7-,8-/m0/s1. The van der Waals surface area contributed by atoms with Crippen LogP contribution in [0.3, 0.4) is 0 Å². The van der Waals surface area contributed by atoms with E-state index in [1.54, 1.807) is 6.92 Å². The highest BCUT2D eigenvalue weighted by Gasteiger charge is 2.41. The van der Waals surface area contributed by atoms with Crippen LogP contribution in [0, 0.1) is 5.92 Å². The van der Waals surface area contributed by atoms with Crippen molar-refractivity contribution in [3.8, 4) is 0 Å². The van der Waals surface area contributed by atoms with Crippen molar-refractivity contribution in [1.29, 1.82) is 0 Å². The lowest BCUT2D eigenvalue weighted by Crippen LogP contribution is -2.55. The van der Waals surface area contributed by atoms with Crippen LogP contribution in [-0.4, -0.2) is 53.6 Å². The van der Waals surface area contributed by atoms with E-state index in [0.29, 0.717) is 0 Å². The predicted octanol–water partition coefficient (Wildman–Crippen LogP) is -1.29. The van der Waals surface area contributed by atoms with Crippen molar-refractivity contribution >= 4 is 0 Å². The first kappa shape index (κ1) is 10.9. The first-order chi connectivity index (χ1) is 6.11. The molecule has 0 aromatic carbocycles. The quantitative estimate of drug-likeness (QED) is 0.507. The minimum Gasteiger partial charge on any atom is -0.394 e. The number of rotatable bonds is 2. The highest BCUT2D eigenvalue weighted by molar-refractivity contribution is 4.86. The van der Waals surface area contributed by atoms with Gasteiger partial charge in [-0.05, 0) is 0 Å². The SMILES string of the molecule is CO[C@H]1OC(CO)[C@H](O)C(O)C1C. The maximum absolute atomic E-state index is 9.53. The summed E-state index contributed by atoms with van der Waals surface area (Å²) in [5, 5.41) is 27.8. The van der Waals surface area contributed by atoms with Crippen LogP contribution in [0.4, 0.5) is 0 Å². The van der Waals surface area contributed by atoms with E-state index in [1.807, 2.05) is 0 Å². The third-order valence-electron chi connectivity index (χ3n) is 2.42. The summed E-state index contributed by atoms with van der Waals surface area (Å²) < 4.78 is 10.1. The lowest BCUT2D eigenvalue weighted by atomic mass is 9.93. The van der Waals surface area contributed by atoms with E-state index in [9.17, 15) is 10.2 Å². The molecule has 13 heavy (non-hydrogen) atoms. The Morgan fingerprint density at radius 3 is 2.38 bits per heavy atom. The van der Waals surface area contributed by atoms with Gasteiger partial charge in [0.2, 0.25) is 0 Å². The first-order valence-electron chi connectivity index (χ1n) is 4.27. The smallest absolute Gasteiger partial charge is 0.162 e. The molecular formula is C8H16O5. The van der Waals surface area contributed by atoms with Crippen LogP contribution in [0.2, 0.25) is 0 Å². The second-order valence-corrected chi connectivity index (χ2v) is 3.30. The van der Waals surface area contributed by atoms with E-state index < -0.39 is 24.6 Å². The lowest BCUT2D eigenvalue weighted by molar-refractivity contribution is -0.274. The molecule has 1 saturated heterocycles. The Morgan fingerprint density at radius 1 is 1.31 bits per heavy atom. The van der Waals surface area contributed by atoms with Gasteiger partial charge in [0, 0.05) is 13.0 Å². The van der Waals surface area contributed by atoms with E-state index in [-0.39, 0.29) is 12.5 Å². The first-order valence-corrected chi connectivity index (χ1v) is 4.27. The Balaban J connectivity index is 2.66. The molecule has 5 heteroatoms. The molecule has 3 N–H and O–H groups in total. The summed E-state index contributed by atoms with van der Waals surface area (Å²) in [7, 11) is 1.46. The third kappa shape index (κ3) is 2.00. The average molecular weight is 192 g/mol. The number of methoxy groups -OCH3 is 1. The number of aliphatic hydroxyl groups is 3. The summed E-state index contributed by atoms with van der Waals surface area (Å²) in [5.41, 5.74) is 0. The van der Waals surface area contributed by atoms with Crippen molar-refractivity contribution in [2.45, 2.75) is 31.5 Å². The zero-order valence-corrected chi connectivity index (χ0v) is 7.75. The summed E-state index contributed by atoms with van der Waals surface area (Å²) in [6.45, 7) is 1.39. The highest BCUT2D eigenvalue weighted by atomic mass is 16.7. The molecule has 1 aliphatic heterocycles. The molecule has 0 bridgehead atoms. The fraction of sp³-hybridized carbons (Fsp3) is 1.00. The Hall–Kier alpha value is -0.200. The van der Waals surface area contributed by atoms with Crippen LogP contribution in [0.5, 0.6) is 0 Å². The van der Waals surface area contributed by atoms with Gasteiger partial charge in [-0.3, -0.25) is 0 Å².